The zero-order valence-corrected chi connectivity index (χ0v) is 22.4. The summed E-state index contributed by atoms with van der Waals surface area (Å²) in [5.74, 6) is -0.100. The quantitative estimate of drug-likeness (QED) is 0.297. The first-order valence-electron chi connectivity index (χ1n) is 10.3. The predicted octanol–water partition coefficient (Wildman–Crippen LogP) is 4.52. The molecule has 0 aliphatic rings. The van der Waals surface area contributed by atoms with Crippen LogP contribution in [0, 0.1) is 0 Å². The third-order valence-corrected chi connectivity index (χ3v) is 7.58. The fourth-order valence-electron chi connectivity index (χ4n) is 3.11. The molecule has 1 N–H and O–H groups in total. The molecular formula is C24H24BrClN4O4S. The second-order valence-corrected chi connectivity index (χ2v) is 10.7. The topological polar surface area (TPSA) is 91.3 Å². The van der Waals surface area contributed by atoms with Crippen LogP contribution in [0.2, 0.25) is 5.02 Å². The highest BCUT2D eigenvalue weighted by Gasteiger charge is 2.27. The first-order chi connectivity index (χ1) is 16.6. The van der Waals surface area contributed by atoms with E-state index in [2.05, 4.69) is 26.5 Å². The van der Waals surface area contributed by atoms with Crippen molar-refractivity contribution >= 4 is 61.1 Å². The van der Waals surface area contributed by atoms with Crippen molar-refractivity contribution in [2.24, 2.45) is 5.10 Å². The van der Waals surface area contributed by atoms with Crippen molar-refractivity contribution in [2.45, 2.75) is 4.90 Å². The molecule has 35 heavy (non-hydrogen) atoms. The molecule has 3 rings (SSSR count). The number of halogens is 2. The van der Waals surface area contributed by atoms with Gasteiger partial charge in [0.1, 0.15) is 12.3 Å². The molecule has 0 saturated carbocycles. The van der Waals surface area contributed by atoms with Gasteiger partial charge >= 0.3 is 0 Å². The number of hydrogen-bond acceptors (Lipinski definition) is 6. The number of ether oxygens (including phenoxy) is 1. The summed E-state index contributed by atoms with van der Waals surface area (Å²) >= 11 is 9.47. The zero-order chi connectivity index (χ0) is 25.6. The average Bonchev–Trinajstić information content (AvgIpc) is 2.83. The second kappa shape index (κ2) is 11.6. The highest BCUT2D eigenvalue weighted by Crippen LogP contribution is 2.27. The number of rotatable bonds is 9. The molecule has 1 amide bonds. The van der Waals surface area contributed by atoms with Gasteiger partial charge in [0.2, 0.25) is 0 Å². The average molecular weight is 580 g/mol. The van der Waals surface area contributed by atoms with E-state index >= 15 is 0 Å². The number of sulfonamides is 1. The summed E-state index contributed by atoms with van der Waals surface area (Å²) in [6, 6.07) is 17.7. The van der Waals surface area contributed by atoms with Crippen LogP contribution >= 0.6 is 27.5 Å². The lowest BCUT2D eigenvalue weighted by Crippen LogP contribution is -2.39. The van der Waals surface area contributed by atoms with Gasteiger partial charge in [-0.15, -0.1) is 0 Å². The zero-order valence-electron chi connectivity index (χ0n) is 19.3. The monoisotopic (exact) mass is 578 g/mol. The maximum Gasteiger partial charge on any atom is 0.264 e. The van der Waals surface area contributed by atoms with E-state index in [1.165, 1.54) is 49.7 Å². The Kier molecular flexibility index (Phi) is 8.76. The lowest BCUT2D eigenvalue weighted by atomic mass is 10.2. The van der Waals surface area contributed by atoms with Crippen LogP contribution in [0.25, 0.3) is 0 Å². The molecule has 0 radical (unpaired) electrons. The number of nitrogens with one attached hydrogen (secondary N) is 1. The lowest BCUT2D eigenvalue weighted by Gasteiger charge is -2.23. The van der Waals surface area contributed by atoms with E-state index in [4.69, 9.17) is 16.3 Å². The molecule has 0 heterocycles. The fourth-order valence-corrected chi connectivity index (χ4v) is 5.41. The molecular weight excluding hydrogens is 556 g/mol. The molecule has 0 aliphatic carbocycles. The Bertz CT molecular complexity index is 1310. The van der Waals surface area contributed by atoms with Crippen molar-refractivity contribution in [3.63, 3.8) is 0 Å². The van der Waals surface area contributed by atoms with E-state index in [0.717, 1.165) is 20.0 Å². The van der Waals surface area contributed by atoms with Crippen molar-refractivity contribution in [1.82, 2.24) is 5.43 Å². The summed E-state index contributed by atoms with van der Waals surface area (Å²) < 4.78 is 33.8. The first kappa shape index (κ1) is 26.5. The smallest absolute Gasteiger partial charge is 0.264 e. The third kappa shape index (κ3) is 6.74. The van der Waals surface area contributed by atoms with Crippen LogP contribution in [-0.4, -0.2) is 48.3 Å². The van der Waals surface area contributed by atoms with Gasteiger partial charge in [0.05, 0.1) is 29.6 Å². The minimum absolute atomic E-state index is 0.00961. The van der Waals surface area contributed by atoms with Gasteiger partial charge in [0, 0.05) is 23.6 Å². The Morgan fingerprint density at radius 2 is 1.74 bits per heavy atom. The third-order valence-electron chi connectivity index (χ3n) is 4.91. The molecule has 3 aromatic rings. The summed E-state index contributed by atoms with van der Waals surface area (Å²) in [4.78, 5) is 14.6. The highest BCUT2D eigenvalue weighted by molar-refractivity contribution is 9.10. The van der Waals surface area contributed by atoms with Crippen molar-refractivity contribution in [3.8, 4) is 5.75 Å². The van der Waals surface area contributed by atoms with Gasteiger partial charge in [-0.05, 0) is 82.2 Å². The van der Waals surface area contributed by atoms with Crippen molar-refractivity contribution in [2.75, 3.05) is 37.0 Å². The summed E-state index contributed by atoms with van der Waals surface area (Å²) in [7, 11) is 1.28. The number of carbonyl (C=O) groups is 1. The Hall–Kier alpha value is -3.08. The van der Waals surface area contributed by atoms with Gasteiger partial charge in [-0.2, -0.15) is 5.10 Å². The van der Waals surface area contributed by atoms with Gasteiger partial charge in [-0.1, -0.05) is 17.7 Å². The number of nitrogens with zero attached hydrogens (tertiary/aromatic N) is 3. The first-order valence-corrected chi connectivity index (χ1v) is 12.9. The van der Waals surface area contributed by atoms with E-state index in [1.807, 2.05) is 37.2 Å². The van der Waals surface area contributed by atoms with Crippen LogP contribution in [0.15, 0.2) is 81.2 Å². The number of amides is 1. The Labute approximate surface area is 218 Å². The number of hydrogen-bond donors (Lipinski definition) is 1. The molecule has 0 fully saturated rings. The molecule has 0 aliphatic heterocycles. The minimum atomic E-state index is -4.07. The van der Waals surface area contributed by atoms with Crippen LogP contribution in [0.3, 0.4) is 0 Å². The number of hydrazone groups is 1. The van der Waals surface area contributed by atoms with Gasteiger partial charge < -0.3 is 9.64 Å². The van der Waals surface area contributed by atoms with Gasteiger partial charge in [0.25, 0.3) is 15.9 Å². The van der Waals surface area contributed by atoms with Crippen molar-refractivity contribution < 1.29 is 17.9 Å². The molecule has 0 aromatic heterocycles. The molecule has 0 unspecified atom stereocenters. The number of carbonyl (C=O) groups excluding carboxylic acids is 1. The standard InChI is InChI=1S/C24H24BrClN4O4S/c1-29(2)23-13-4-17(14-22(23)25)15-27-28-24(31)16-30(19-7-5-18(26)6-8-19)35(32,33)21-11-9-20(34-3)10-12-21/h4-15H,16H2,1-3H3,(H,28,31)/b27-15-. The number of methoxy groups -OCH3 is 1. The van der Waals surface area contributed by atoms with E-state index in [1.54, 1.807) is 12.1 Å². The summed E-state index contributed by atoms with van der Waals surface area (Å²) in [6.07, 6.45) is 1.48. The van der Waals surface area contributed by atoms with E-state index in [0.29, 0.717) is 10.8 Å². The van der Waals surface area contributed by atoms with Crippen molar-refractivity contribution in [3.05, 3.63) is 81.8 Å². The van der Waals surface area contributed by atoms with Crippen LogP contribution in [0.5, 0.6) is 5.75 Å². The van der Waals surface area contributed by atoms with Gasteiger partial charge in [0.15, 0.2) is 0 Å². The van der Waals surface area contributed by atoms with Crippen LogP contribution < -0.4 is 19.4 Å². The largest absolute Gasteiger partial charge is 0.497 e. The maximum atomic E-state index is 13.4. The van der Waals surface area contributed by atoms with Gasteiger partial charge in [-0.3, -0.25) is 9.10 Å². The second-order valence-electron chi connectivity index (χ2n) is 7.56. The lowest BCUT2D eigenvalue weighted by molar-refractivity contribution is -0.119. The van der Waals surface area contributed by atoms with E-state index in [-0.39, 0.29) is 10.6 Å². The Morgan fingerprint density at radius 3 is 2.31 bits per heavy atom. The molecule has 8 nitrogen and oxygen atoms in total. The molecule has 0 bridgehead atoms. The van der Waals surface area contributed by atoms with E-state index < -0.39 is 22.5 Å². The van der Waals surface area contributed by atoms with E-state index in [9.17, 15) is 13.2 Å². The van der Waals surface area contributed by atoms with Crippen LogP contribution in [0.1, 0.15) is 5.56 Å². The van der Waals surface area contributed by atoms with Crippen LogP contribution in [0.4, 0.5) is 11.4 Å². The predicted molar refractivity (Wildman–Crippen MR) is 143 cm³/mol. The molecule has 11 heteroatoms. The molecule has 184 valence electrons. The maximum absolute atomic E-state index is 13.4. The highest BCUT2D eigenvalue weighted by atomic mass is 79.9. The summed E-state index contributed by atoms with van der Waals surface area (Å²) in [6.45, 7) is -0.489. The SMILES string of the molecule is COc1ccc(S(=O)(=O)N(CC(=O)N/N=C\c2ccc(N(C)C)c(Br)c2)c2ccc(Cl)cc2)cc1. The minimum Gasteiger partial charge on any atom is -0.497 e. The molecule has 0 spiro atoms. The molecule has 0 saturated heterocycles. The number of anilines is 2. The van der Waals surface area contributed by atoms with Gasteiger partial charge in [-0.25, -0.2) is 13.8 Å². The molecule has 0 atom stereocenters. The fraction of sp³-hybridized carbons (Fsp3) is 0.167. The Balaban J connectivity index is 1.81. The van der Waals surface area contributed by atoms with Crippen molar-refractivity contribution in [1.29, 1.82) is 0 Å². The summed E-state index contributed by atoms with van der Waals surface area (Å²) in [5, 5.41) is 4.42. The summed E-state index contributed by atoms with van der Waals surface area (Å²) in [5.41, 5.74) is 4.43. The normalized spacial score (nSPS) is 11.3. The number of benzene rings is 3. The Morgan fingerprint density at radius 1 is 1.09 bits per heavy atom. The molecule has 3 aromatic carbocycles. The van der Waals surface area contributed by atoms with Crippen LogP contribution in [-0.2, 0) is 14.8 Å².